The van der Waals surface area contributed by atoms with Crippen LogP contribution in [0.5, 0.6) is 0 Å². The first-order valence-electron chi connectivity index (χ1n) is 4.42. The molecule has 0 aliphatic carbocycles. The first-order valence-corrected chi connectivity index (χ1v) is 6.31. The highest BCUT2D eigenvalue weighted by Gasteiger charge is 2.35. The quantitative estimate of drug-likeness (QED) is 0.676. The maximum atomic E-state index is 11.4. The number of rotatable bonds is 3. The molecular formula is C8H16N2O3S. The molecule has 1 aliphatic heterocycles. The largest absolute Gasteiger partial charge is 0.327 e. The summed E-state index contributed by atoms with van der Waals surface area (Å²) >= 11 is 0. The molecule has 0 atom stereocenters. The van der Waals surface area contributed by atoms with E-state index in [-0.39, 0.29) is 12.5 Å². The Hall–Kier alpha value is -0.620. The van der Waals surface area contributed by atoms with E-state index in [4.69, 9.17) is 0 Å². The Bertz CT molecular complexity index is 334. The fourth-order valence-electron chi connectivity index (χ4n) is 1.22. The molecule has 1 fully saturated rings. The van der Waals surface area contributed by atoms with Crippen molar-refractivity contribution in [1.82, 2.24) is 10.2 Å². The highest BCUT2D eigenvalue weighted by molar-refractivity contribution is 7.92. The van der Waals surface area contributed by atoms with E-state index in [1.54, 1.807) is 13.8 Å². The van der Waals surface area contributed by atoms with Crippen LogP contribution < -0.4 is 5.32 Å². The van der Waals surface area contributed by atoms with Gasteiger partial charge in [-0.15, -0.1) is 0 Å². The van der Waals surface area contributed by atoms with Gasteiger partial charge >= 0.3 is 0 Å². The van der Waals surface area contributed by atoms with Gasteiger partial charge in [-0.25, -0.2) is 8.42 Å². The summed E-state index contributed by atoms with van der Waals surface area (Å²) in [5.74, 6) is -0.0401. The first-order chi connectivity index (χ1) is 6.24. The zero-order chi connectivity index (χ0) is 11.0. The minimum absolute atomic E-state index is 0.0401. The van der Waals surface area contributed by atoms with Gasteiger partial charge in [0, 0.05) is 12.8 Å². The van der Waals surface area contributed by atoms with Gasteiger partial charge in [0.05, 0.1) is 18.0 Å². The summed E-state index contributed by atoms with van der Waals surface area (Å²) in [5, 5.41) is 2.88. The number of nitrogens with zero attached hydrogens (tertiary/aromatic N) is 1. The van der Waals surface area contributed by atoms with Crippen LogP contribution in [0, 0.1) is 0 Å². The smallest absolute Gasteiger partial charge is 0.237 e. The molecule has 1 saturated heterocycles. The fourth-order valence-corrected chi connectivity index (χ4v) is 1.61. The van der Waals surface area contributed by atoms with Gasteiger partial charge in [-0.2, -0.15) is 0 Å². The van der Waals surface area contributed by atoms with Gasteiger partial charge in [0.15, 0.2) is 9.84 Å². The summed E-state index contributed by atoms with van der Waals surface area (Å²) in [6, 6.07) is 0. The van der Waals surface area contributed by atoms with Crippen molar-refractivity contribution in [3.8, 4) is 0 Å². The Labute approximate surface area is 84.4 Å². The predicted octanol–water partition coefficient (Wildman–Crippen LogP) is -0.801. The highest BCUT2D eigenvalue weighted by atomic mass is 32.2. The second kappa shape index (κ2) is 3.51. The predicted molar refractivity (Wildman–Crippen MR) is 53.5 cm³/mol. The fraction of sp³-hybridized carbons (Fsp3) is 0.875. The van der Waals surface area contributed by atoms with Crippen LogP contribution in [-0.4, -0.2) is 50.0 Å². The standard InChI is InChI=1S/C8H16N2O3S/c1-8(2,14(3,12)13)5-10-6-9-4-7(10)11/h9H,4-6H2,1-3H3. The average molecular weight is 220 g/mol. The molecule has 0 aromatic carbocycles. The third kappa shape index (κ3) is 2.24. The van der Waals surface area contributed by atoms with Crippen LogP contribution in [0.25, 0.3) is 0 Å². The van der Waals surface area contributed by atoms with Crippen LogP contribution in [0.1, 0.15) is 13.8 Å². The maximum absolute atomic E-state index is 11.4. The van der Waals surface area contributed by atoms with Crippen LogP contribution in [0.4, 0.5) is 0 Å². The van der Waals surface area contributed by atoms with E-state index in [1.165, 1.54) is 11.2 Å². The van der Waals surface area contributed by atoms with Crippen LogP contribution in [-0.2, 0) is 14.6 Å². The SMILES string of the molecule is CC(C)(CN1CNCC1=O)S(C)(=O)=O. The highest BCUT2D eigenvalue weighted by Crippen LogP contribution is 2.17. The Kier molecular flexibility index (Phi) is 2.87. The van der Waals surface area contributed by atoms with Crippen molar-refractivity contribution in [3.63, 3.8) is 0 Å². The normalized spacial score (nSPS) is 19.1. The van der Waals surface area contributed by atoms with Crippen LogP contribution in [0.2, 0.25) is 0 Å². The molecule has 82 valence electrons. The van der Waals surface area contributed by atoms with Gasteiger partial charge in [-0.1, -0.05) is 0 Å². The Balaban J connectivity index is 2.73. The lowest BCUT2D eigenvalue weighted by Gasteiger charge is -2.27. The van der Waals surface area contributed by atoms with Gasteiger partial charge in [-0.3, -0.25) is 10.1 Å². The van der Waals surface area contributed by atoms with Gasteiger partial charge in [-0.05, 0) is 13.8 Å². The van der Waals surface area contributed by atoms with Crippen molar-refractivity contribution in [1.29, 1.82) is 0 Å². The molecule has 1 heterocycles. The number of hydrogen-bond donors (Lipinski definition) is 1. The number of nitrogens with one attached hydrogen (secondary N) is 1. The molecule has 0 unspecified atom stereocenters. The molecule has 5 nitrogen and oxygen atoms in total. The molecular weight excluding hydrogens is 204 g/mol. The third-order valence-corrected chi connectivity index (χ3v) is 4.64. The van der Waals surface area contributed by atoms with E-state index < -0.39 is 14.6 Å². The summed E-state index contributed by atoms with van der Waals surface area (Å²) < 4.78 is 21.9. The summed E-state index contributed by atoms with van der Waals surface area (Å²) in [7, 11) is -3.13. The second-order valence-corrected chi connectivity index (χ2v) is 6.86. The molecule has 0 saturated carbocycles. The minimum Gasteiger partial charge on any atom is -0.327 e. The number of sulfone groups is 1. The molecule has 14 heavy (non-hydrogen) atoms. The molecule has 1 aliphatic rings. The molecule has 0 aromatic heterocycles. The summed E-state index contributed by atoms with van der Waals surface area (Å²) in [6.07, 6.45) is 1.20. The monoisotopic (exact) mass is 220 g/mol. The topological polar surface area (TPSA) is 66.5 Å². The van der Waals surface area contributed by atoms with E-state index in [2.05, 4.69) is 5.32 Å². The van der Waals surface area contributed by atoms with E-state index >= 15 is 0 Å². The lowest BCUT2D eigenvalue weighted by Crippen LogP contribution is -2.45. The number of amides is 1. The van der Waals surface area contributed by atoms with Crippen molar-refractivity contribution in [3.05, 3.63) is 0 Å². The van der Waals surface area contributed by atoms with Gasteiger partial charge in [0.25, 0.3) is 0 Å². The van der Waals surface area contributed by atoms with Gasteiger partial charge in [0.2, 0.25) is 5.91 Å². The first kappa shape index (κ1) is 11.5. The molecule has 0 radical (unpaired) electrons. The van der Waals surface area contributed by atoms with E-state index in [0.717, 1.165) is 0 Å². The van der Waals surface area contributed by atoms with E-state index in [9.17, 15) is 13.2 Å². The average Bonchev–Trinajstić information content (AvgIpc) is 2.33. The number of carbonyl (C=O) groups is 1. The van der Waals surface area contributed by atoms with E-state index in [0.29, 0.717) is 13.2 Å². The Morgan fingerprint density at radius 2 is 2.07 bits per heavy atom. The maximum Gasteiger partial charge on any atom is 0.237 e. The lowest BCUT2D eigenvalue weighted by molar-refractivity contribution is -0.126. The molecule has 1 N–H and O–H groups in total. The van der Waals surface area contributed by atoms with Crippen LogP contribution in [0.15, 0.2) is 0 Å². The molecule has 0 bridgehead atoms. The zero-order valence-corrected chi connectivity index (χ0v) is 9.52. The van der Waals surface area contributed by atoms with Crippen molar-refractivity contribution in [2.75, 3.05) is 26.0 Å². The lowest BCUT2D eigenvalue weighted by atomic mass is 10.2. The van der Waals surface area contributed by atoms with Crippen molar-refractivity contribution in [2.45, 2.75) is 18.6 Å². The minimum atomic E-state index is -3.13. The summed E-state index contributed by atoms with van der Waals surface area (Å²) in [6.45, 7) is 4.26. The molecule has 0 spiro atoms. The van der Waals surface area contributed by atoms with Gasteiger partial charge < -0.3 is 4.90 Å². The van der Waals surface area contributed by atoms with Gasteiger partial charge in [0.1, 0.15) is 0 Å². The van der Waals surface area contributed by atoms with Crippen molar-refractivity contribution >= 4 is 15.7 Å². The Morgan fingerprint density at radius 1 is 1.50 bits per heavy atom. The second-order valence-electron chi connectivity index (χ2n) is 4.21. The molecule has 0 aromatic rings. The van der Waals surface area contributed by atoms with Crippen LogP contribution >= 0.6 is 0 Å². The molecule has 1 amide bonds. The number of hydrogen-bond acceptors (Lipinski definition) is 4. The zero-order valence-electron chi connectivity index (χ0n) is 8.70. The summed E-state index contributed by atoms with van der Waals surface area (Å²) in [4.78, 5) is 12.8. The summed E-state index contributed by atoms with van der Waals surface area (Å²) in [5.41, 5.74) is 0. The Morgan fingerprint density at radius 3 is 2.43 bits per heavy atom. The number of carbonyl (C=O) groups excluding carboxylic acids is 1. The van der Waals surface area contributed by atoms with E-state index in [1.807, 2.05) is 0 Å². The molecule has 6 heteroatoms. The molecule has 1 rings (SSSR count). The van der Waals surface area contributed by atoms with Crippen molar-refractivity contribution in [2.24, 2.45) is 0 Å². The third-order valence-electron chi connectivity index (χ3n) is 2.51. The van der Waals surface area contributed by atoms with Crippen molar-refractivity contribution < 1.29 is 13.2 Å². The van der Waals surface area contributed by atoms with Crippen LogP contribution in [0.3, 0.4) is 0 Å².